The number of thiocarbonyl (C=S) groups is 1. The predicted octanol–water partition coefficient (Wildman–Crippen LogP) is 2.47. The molecule has 50 valence electrons. The fourth-order valence-electron chi connectivity index (χ4n) is 0.501. The monoisotopic (exact) mass is 170 g/mol. The van der Waals surface area contributed by atoms with Crippen molar-refractivity contribution in [3.63, 3.8) is 0 Å². The quantitative estimate of drug-likeness (QED) is 0.478. The van der Waals surface area contributed by atoms with Crippen LogP contribution in [-0.2, 0) is 0 Å². The zero-order valence-electron chi connectivity index (χ0n) is 4.91. The Kier molecular flexibility index (Phi) is 2.51. The highest BCUT2D eigenvalue weighted by Crippen LogP contribution is 2.21. The highest BCUT2D eigenvalue weighted by Gasteiger charge is 1.93. The summed E-state index contributed by atoms with van der Waals surface area (Å²) in [5.41, 5.74) is 0.555. The van der Waals surface area contributed by atoms with E-state index in [4.69, 9.17) is 11.6 Å². The van der Waals surface area contributed by atoms with Gasteiger partial charge in [-0.05, 0) is 18.3 Å². The van der Waals surface area contributed by atoms with Crippen LogP contribution in [0.3, 0.4) is 0 Å². The number of isothiocyanates is 1. The van der Waals surface area contributed by atoms with Crippen LogP contribution in [0.2, 0.25) is 5.02 Å². The molecule has 0 atom stereocenters. The van der Waals surface area contributed by atoms with Gasteiger partial charge in [-0.1, -0.05) is 11.6 Å². The molecule has 4 heteroatoms. The Morgan fingerprint density at radius 3 is 3.10 bits per heavy atom. The molecule has 0 aliphatic carbocycles. The van der Waals surface area contributed by atoms with Gasteiger partial charge in [-0.2, -0.15) is 4.99 Å². The smallest absolute Gasteiger partial charge is 0.111 e. The van der Waals surface area contributed by atoms with Gasteiger partial charge in [-0.15, -0.1) is 0 Å². The summed E-state index contributed by atoms with van der Waals surface area (Å²) >= 11 is 10.1. The Morgan fingerprint density at radius 1 is 1.70 bits per heavy atom. The van der Waals surface area contributed by atoms with Crippen molar-refractivity contribution in [3.8, 4) is 0 Å². The van der Waals surface area contributed by atoms with E-state index in [0.29, 0.717) is 10.7 Å². The van der Waals surface area contributed by atoms with Gasteiger partial charge < -0.3 is 0 Å². The third-order valence-electron chi connectivity index (χ3n) is 0.915. The predicted molar refractivity (Wildman–Crippen MR) is 43.9 cm³/mol. The fraction of sp³-hybridized carbons (Fsp3) is 0. The van der Waals surface area contributed by atoms with Crippen LogP contribution in [0.15, 0.2) is 23.5 Å². The lowest BCUT2D eigenvalue weighted by atomic mass is 10.4. The Bertz CT molecular complexity index is 281. The van der Waals surface area contributed by atoms with Gasteiger partial charge in [-0.3, -0.25) is 4.98 Å². The molecule has 0 fully saturated rings. The minimum absolute atomic E-state index is 0.535. The molecule has 0 spiro atoms. The summed E-state index contributed by atoms with van der Waals surface area (Å²) in [4.78, 5) is 7.48. The molecular weight excluding hydrogens is 168 g/mol. The maximum absolute atomic E-state index is 5.68. The molecule has 0 bridgehead atoms. The molecule has 0 N–H and O–H groups in total. The molecule has 0 amide bonds. The summed E-state index contributed by atoms with van der Waals surface area (Å²) < 4.78 is 0. The van der Waals surface area contributed by atoms with Gasteiger partial charge in [0.05, 0.1) is 16.4 Å². The fourth-order valence-corrected chi connectivity index (χ4v) is 0.746. The van der Waals surface area contributed by atoms with E-state index >= 15 is 0 Å². The average molecular weight is 171 g/mol. The van der Waals surface area contributed by atoms with Gasteiger partial charge >= 0.3 is 0 Å². The van der Waals surface area contributed by atoms with E-state index in [-0.39, 0.29) is 0 Å². The lowest BCUT2D eigenvalue weighted by Crippen LogP contribution is -1.69. The normalized spacial score (nSPS) is 8.50. The summed E-state index contributed by atoms with van der Waals surface area (Å²) in [6.45, 7) is 0. The molecule has 0 aliphatic rings. The van der Waals surface area contributed by atoms with Crippen molar-refractivity contribution in [1.29, 1.82) is 0 Å². The standard InChI is InChI=1S/C6H3ClN2S/c7-5-1-2-8-3-6(5)9-4-10/h1-3H. The van der Waals surface area contributed by atoms with Crippen LogP contribution in [0.5, 0.6) is 0 Å². The molecule has 1 aromatic rings. The van der Waals surface area contributed by atoms with E-state index < -0.39 is 0 Å². The second kappa shape index (κ2) is 3.42. The molecule has 1 rings (SSSR count). The van der Waals surface area contributed by atoms with Crippen LogP contribution in [-0.4, -0.2) is 10.1 Å². The van der Waals surface area contributed by atoms with Gasteiger partial charge in [0.1, 0.15) is 5.69 Å². The molecule has 0 aliphatic heterocycles. The van der Waals surface area contributed by atoms with Crippen molar-refractivity contribution in [3.05, 3.63) is 23.5 Å². The number of nitrogens with zero attached hydrogens (tertiary/aromatic N) is 2. The molecule has 0 saturated heterocycles. The number of rotatable bonds is 1. The SMILES string of the molecule is S=C=Nc1cnccc1Cl. The van der Waals surface area contributed by atoms with Gasteiger partial charge in [0.2, 0.25) is 0 Å². The van der Waals surface area contributed by atoms with E-state index in [1.54, 1.807) is 12.3 Å². The highest BCUT2D eigenvalue weighted by molar-refractivity contribution is 7.78. The van der Waals surface area contributed by atoms with Crippen molar-refractivity contribution in [2.75, 3.05) is 0 Å². The Balaban J connectivity index is 3.14. The van der Waals surface area contributed by atoms with Crippen LogP contribution in [0.1, 0.15) is 0 Å². The average Bonchev–Trinajstić information content (AvgIpc) is 1.94. The van der Waals surface area contributed by atoms with Gasteiger partial charge in [0.25, 0.3) is 0 Å². The van der Waals surface area contributed by atoms with E-state index in [2.05, 4.69) is 27.4 Å². The van der Waals surface area contributed by atoms with Gasteiger partial charge in [0, 0.05) is 6.20 Å². The summed E-state index contributed by atoms with van der Waals surface area (Å²) in [7, 11) is 0. The summed E-state index contributed by atoms with van der Waals surface area (Å²) in [6.07, 6.45) is 3.12. The number of halogens is 1. The molecule has 2 nitrogen and oxygen atoms in total. The molecule has 1 aromatic heterocycles. The number of hydrogen-bond donors (Lipinski definition) is 0. The second-order valence-corrected chi connectivity index (χ2v) is 2.12. The minimum atomic E-state index is 0.535. The Hall–Kier alpha value is -0.760. The molecule has 10 heavy (non-hydrogen) atoms. The van der Waals surface area contributed by atoms with Crippen molar-refractivity contribution >= 4 is 34.7 Å². The van der Waals surface area contributed by atoms with E-state index in [1.807, 2.05) is 0 Å². The zero-order valence-corrected chi connectivity index (χ0v) is 6.49. The first-order valence-corrected chi connectivity index (χ1v) is 3.30. The first kappa shape index (κ1) is 7.35. The van der Waals surface area contributed by atoms with Gasteiger partial charge in [-0.25, -0.2) is 0 Å². The third-order valence-corrected chi connectivity index (χ3v) is 1.33. The summed E-state index contributed by atoms with van der Waals surface area (Å²) in [6, 6.07) is 1.65. The van der Waals surface area contributed by atoms with Crippen molar-refractivity contribution < 1.29 is 0 Å². The molecule has 0 radical (unpaired) electrons. The van der Waals surface area contributed by atoms with Crippen molar-refractivity contribution in [2.24, 2.45) is 4.99 Å². The van der Waals surface area contributed by atoms with Crippen LogP contribution in [0.4, 0.5) is 5.69 Å². The van der Waals surface area contributed by atoms with E-state index in [9.17, 15) is 0 Å². The molecular formula is C6H3ClN2S. The Labute approximate surface area is 68.6 Å². The number of aromatic nitrogens is 1. The molecule has 0 saturated carbocycles. The van der Waals surface area contributed by atoms with Crippen LogP contribution in [0, 0.1) is 0 Å². The van der Waals surface area contributed by atoms with Crippen LogP contribution in [0.25, 0.3) is 0 Å². The first-order chi connectivity index (χ1) is 4.84. The first-order valence-electron chi connectivity index (χ1n) is 2.52. The van der Waals surface area contributed by atoms with Crippen molar-refractivity contribution in [1.82, 2.24) is 4.98 Å². The van der Waals surface area contributed by atoms with Crippen LogP contribution >= 0.6 is 23.8 Å². The Morgan fingerprint density at radius 2 is 2.50 bits per heavy atom. The van der Waals surface area contributed by atoms with E-state index in [0.717, 1.165) is 0 Å². The lowest BCUT2D eigenvalue weighted by molar-refractivity contribution is 1.31. The maximum Gasteiger partial charge on any atom is 0.111 e. The third kappa shape index (κ3) is 1.61. The second-order valence-electron chi connectivity index (χ2n) is 1.53. The highest BCUT2D eigenvalue weighted by atomic mass is 35.5. The zero-order chi connectivity index (χ0) is 7.40. The molecule has 0 unspecified atom stereocenters. The number of aliphatic imine (C=N–C) groups is 1. The summed E-state index contributed by atoms with van der Waals surface area (Å²) in [5.74, 6) is 0. The maximum atomic E-state index is 5.68. The van der Waals surface area contributed by atoms with Crippen LogP contribution < -0.4 is 0 Å². The summed E-state index contributed by atoms with van der Waals surface area (Å²) in [5, 5.41) is 2.74. The van der Waals surface area contributed by atoms with E-state index in [1.165, 1.54) is 6.20 Å². The molecule has 1 heterocycles. The minimum Gasteiger partial charge on any atom is -0.262 e. The number of hydrogen-bond acceptors (Lipinski definition) is 3. The van der Waals surface area contributed by atoms with Gasteiger partial charge in [0.15, 0.2) is 0 Å². The molecule has 0 aromatic carbocycles. The number of pyridine rings is 1. The topological polar surface area (TPSA) is 25.2 Å². The largest absolute Gasteiger partial charge is 0.262 e. The van der Waals surface area contributed by atoms with Crippen molar-refractivity contribution in [2.45, 2.75) is 0 Å². The lowest BCUT2D eigenvalue weighted by Gasteiger charge is -1.90.